The summed E-state index contributed by atoms with van der Waals surface area (Å²) in [6, 6.07) is 10.3. The molecule has 0 spiro atoms. The summed E-state index contributed by atoms with van der Waals surface area (Å²) >= 11 is 0. The van der Waals surface area contributed by atoms with Crippen LogP contribution in [-0.2, 0) is 6.54 Å². The van der Waals surface area contributed by atoms with Crippen molar-refractivity contribution < 1.29 is 13.2 Å². The second-order valence-corrected chi connectivity index (χ2v) is 8.53. The summed E-state index contributed by atoms with van der Waals surface area (Å²) in [6.45, 7) is 3.34. The highest BCUT2D eigenvalue weighted by Crippen LogP contribution is 2.42. The van der Waals surface area contributed by atoms with Crippen molar-refractivity contribution in [2.75, 3.05) is 6.54 Å². The van der Waals surface area contributed by atoms with E-state index in [2.05, 4.69) is 34.7 Å². The number of rotatable bonds is 6. The zero-order valence-corrected chi connectivity index (χ0v) is 18.5. The highest BCUT2D eigenvalue weighted by Gasteiger charge is 2.28. The zero-order chi connectivity index (χ0) is 22.7. The molecule has 0 atom stereocenters. The van der Waals surface area contributed by atoms with Crippen LogP contribution in [0.15, 0.2) is 36.5 Å². The molecule has 1 aliphatic rings. The molecule has 32 heavy (non-hydrogen) atoms. The van der Waals surface area contributed by atoms with E-state index in [0.717, 1.165) is 64.7 Å². The molecule has 0 amide bonds. The van der Waals surface area contributed by atoms with E-state index in [9.17, 15) is 13.2 Å². The summed E-state index contributed by atoms with van der Waals surface area (Å²) < 4.78 is 39.6. The zero-order valence-electron chi connectivity index (χ0n) is 18.5. The second-order valence-electron chi connectivity index (χ2n) is 8.53. The number of hydrogen-bond donors (Lipinski definition) is 1. The van der Waals surface area contributed by atoms with Crippen LogP contribution < -0.4 is 5.32 Å². The van der Waals surface area contributed by atoms with Gasteiger partial charge in [0.15, 0.2) is 0 Å². The first-order valence-corrected chi connectivity index (χ1v) is 11.2. The number of benzene rings is 1. The summed E-state index contributed by atoms with van der Waals surface area (Å²) in [5.41, 5.74) is 5.97. The van der Waals surface area contributed by atoms with Crippen molar-refractivity contribution >= 4 is 11.0 Å². The minimum Gasteiger partial charge on any atom is -0.321 e. The number of halogens is 3. The third-order valence-electron chi connectivity index (χ3n) is 5.89. The van der Waals surface area contributed by atoms with Gasteiger partial charge in [0.25, 0.3) is 0 Å². The molecule has 2 heterocycles. The number of alkyl halides is 3. The van der Waals surface area contributed by atoms with E-state index >= 15 is 0 Å². The quantitative estimate of drug-likeness (QED) is 0.442. The Morgan fingerprint density at radius 3 is 2.56 bits per heavy atom. The molecule has 0 saturated heterocycles. The molecule has 168 valence electrons. The summed E-state index contributed by atoms with van der Waals surface area (Å²) in [6.07, 6.45) is 2.97. The van der Waals surface area contributed by atoms with Gasteiger partial charge in [-0.15, -0.1) is 0 Å². The molecule has 1 saturated carbocycles. The van der Waals surface area contributed by atoms with Crippen molar-refractivity contribution in [2.24, 2.45) is 0 Å². The maximum absolute atomic E-state index is 12.4. The minimum absolute atomic E-state index is 0.176. The molecule has 3 aromatic rings. The fourth-order valence-electron chi connectivity index (χ4n) is 4.11. The van der Waals surface area contributed by atoms with Crippen LogP contribution in [0.2, 0.25) is 0 Å². The maximum Gasteiger partial charge on any atom is 0.401 e. The topological polar surface area (TPSA) is 29.9 Å². The number of pyridine rings is 1. The summed E-state index contributed by atoms with van der Waals surface area (Å²) in [5, 5.41) is 3.54. The number of unbranched alkanes of at least 4 members (excludes halogenated alkanes) is 1. The molecule has 1 fully saturated rings. The van der Waals surface area contributed by atoms with Crippen LogP contribution in [0.5, 0.6) is 0 Å². The number of hydrogen-bond acceptors (Lipinski definition) is 2. The lowest BCUT2D eigenvalue weighted by Crippen LogP contribution is -2.28. The van der Waals surface area contributed by atoms with E-state index in [-0.39, 0.29) is 6.54 Å². The minimum atomic E-state index is -4.21. The van der Waals surface area contributed by atoms with Gasteiger partial charge in [0.1, 0.15) is 5.65 Å². The predicted octanol–water partition coefficient (Wildman–Crippen LogP) is 6.54. The maximum atomic E-state index is 12.4. The number of nitrogens with zero attached hydrogens (tertiary/aromatic N) is 2. The van der Waals surface area contributed by atoms with Gasteiger partial charge in [-0.25, -0.2) is 4.98 Å². The molecule has 4 rings (SSSR count). The molecule has 1 aliphatic carbocycles. The molecule has 1 aromatic carbocycles. The van der Waals surface area contributed by atoms with Gasteiger partial charge in [-0.2, -0.15) is 13.2 Å². The van der Waals surface area contributed by atoms with Gasteiger partial charge in [0, 0.05) is 30.6 Å². The normalized spacial score (nSPS) is 14.3. The number of aromatic nitrogens is 2. The van der Waals surface area contributed by atoms with Gasteiger partial charge >= 0.3 is 6.18 Å². The fourth-order valence-corrected chi connectivity index (χ4v) is 4.11. The average molecular weight is 440 g/mol. The van der Waals surface area contributed by atoms with Crippen LogP contribution in [0.25, 0.3) is 22.3 Å². The summed E-state index contributed by atoms with van der Waals surface area (Å²) in [4.78, 5) is 4.78. The lowest BCUT2D eigenvalue weighted by Gasteiger charge is -2.29. The van der Waals surface area contributed by atoms with Crippen LogP contribution in [-0.4, -0.2) is 22.3 Å². The monoisotopic (exact) mass is 439 g/mol. The first-order chi connectivity index (χ1) is 15.4. The fraction of sp³-hybridized carbons (Fsp3) is 0.423. The van der Waals surface area contributed by atoms with E-state index in [1.165, 1.54) is 6.42 Å². The van der Waals surface area contributed by atoms with Crippen LogP contribution in [0.3, 0.4) is 0 Å². The summed E-state index contributed by atoms with van der Waals surface area (Å²) in [5.74, 6) is 6.73. The Morgan fingerprint density at radius 2 is 1.94 bits per heavy atom. The molecule has 2 aromatic heterocycles. The Balaban J connectivity index is 1.77. The van der Waals surface area contributed by atoms with Crippen molar-refractivity contribution in [1.82, 2.24) is 14.9 Å². The van der Waals surface area contributed by atoms with Crippen LogP contribution in [0, 0.1) is 18.8 Å². The number of aryl methyl sites for hydroxylation is 1. The Bertz CT molecular complexity index is 1140. The van der Waals surface area contributed by atoms with Crippen molar-refractivity contribution in [3.05, 3.63) is 53.2 Å². The second kappa shape index (κ2) is 9.38. The van der Waals surface area contributed by atoms with Crippen molar-refractivity contribution in [1.29, 1.82) is 0 Å². The van der Waals surface area contributed by atoms with Gasteiger partial charge in [-0.05, 0) is 55.4 Å². The molecule has 1 N–H and O–H groups in total. The van der Waals surface area contributed by atoms with Crippen molar-refractivity contribution in [2.45, 2.75) is 64.7 Å². The molecular formula is C26H28F3N3. The third-order valence-corrected chi connectivity index (χ3v) is 5.89. The Labute approximate surface area is 187 Å². The van der Waals surface area contributed by atoms with Crippen LogP contribution in [0.1, 0.15) is 61.8 Å². The van der Waals surface area contributed by atoms with E-state index in [4.69, 9.17) is 4.98 Å². The first kappa shape index (κ1) is 22.4. The third kappa shape index (κ3) is 4.83. The van der Waals surface area contributed by atoms with E-state index < -0.39 is 12.7 Å². The molecule has 0 bridgehead atoms. The highest BCUT2D eigenvalue weighted by molar-refractivity contribution is 5.93. The molecule has 0 unspecified atom stereocenters. The summed E-state index contributed by atoms with van der Waals surface area (Å²) in [7, 11) is 0. The standard InChI is InChI=1S/C26H28F3N3/c1-3-4-5-9-22-23-14-18(2)15-31-25(23)32(21-7-6-8-21)24(22)20-12-10-19(11-13-20)16-30-17-26(27,28)29/h10-15,21,30H,3-4,6-8,16-17H2,1-2H3. The molecule has 0 radical (unpaired) electrons. The van der Waals surface area contributed by atoms with Crippen LogP contribution in [0.4, 0.5) is 13.2 Å². The molecule has 0 aliphatic heterocycles. The van der Waals surface area contributed by atoms with Gasteiger partial charge in [0.2, 0.25) is 0 Å². The largest absolute Gasteiger partial charge is 0.401 e. The lowest BCUT2D eigenvalue weighted by atomic mass is 9.92. The van der Waals surface area contributed by atoms with Gasteiger partial charge in [-0.3, -0.25) is 0 Å². The lowest BCUT2D eigenvalue weighted by molar-refractivity contribution is -0.125. The van der Waals surface area contributed by atoms with Gasteiger partial charge in [0.05, 0.1) is 17.8 Å². The SMILES string of the molecule is CCCC#Cc1c(-c2ccc(CNCC(F)(F)F)cc2)n(C2CCC2)c2ncc(C)cc12. The first-order valence-electron chi connectivity index (χ1n) is 11.2. The Hall–Kier alpha value is -2.78. The van der Waals surface area contributed by atoms with Crippen molar-refractivity contribution in [3.8, 4) is 23.1 Å². The number of nitrogens with one attached hydrogen (secondary N) is 1. The van der Waals surface area contributed by atoms with E-state index in [1.807, 2.05) is 37.4 Å². The predicted molar refractivity (Wildman–Crippen MR) is 122 cm³/mol. The molecule has 3 nitrogen and oxygen atoms in total. The Kier molecular flexibility index (Phi) is 6.57. The smallest absolute Gasteiger partial charge is 0.321 e. The van der Waals surface area contributed by atoms with Crippen LogP contribution >= 0.6 is 0 Å². The molecular weight excluding hydrogens is 411 g/mol. The van der Waals surface area contributed by atoms with Crippen molar-refractivity contribution in [3.63, 3.8) is 0 Å². The van der Waals surface area contributed by atoms with Gasteiger partial charge < -0.3 is 9.88 Å². The molecule has 6 heteroatoms. The highest BCUT2D eigenvalue weighted by atomic mass is 19.4. The average Bonchev–Trinajstić information content (AvgIpc) is 3.00. The van der Waals surface area contributed by atoms with E-state index in [1.54, 1.807) is 0 Å². The Morgan fingerprint density at radius 1 is 1.19 bits per heavy atom. The van der Waals surface area contributed by atoms with E-state index in [0.29, 0.717) is 6.04 Å². The number of fused-ring (bicyclic) bond motifs is 1. The van der Waals surface area contributed by atoms with Gasteiger partial charge in [-0.1, -0.05) is 43.0 Å².